The van der Waals surface area contributed by atoms with Gasteiger partial charge in [-0.05, 0) is 31.5 Å². The number of hydrogen-bond acceptors (Lipinski definition) is 3. The molecule has 2 rings (SSSR count). The number of benzene rings is 1. The van der Waals surface area contributed by atoms with E-state index in [2.05, 4.69) is 16.3 Å². The fourth-order valence-corrected chi connectivity index (χ4v) is 1.53. The summed E-state index contributed by atoms with van der Waals surface area (Å²) in [6.07, 6.45) is 2.59. The molecule has 0 amide bonds. The maximum absolute atomic E-state index is 5.56. The summed E-state index contributed by atoms with van der Waals surface area (Å²) < 4.78 is 0. The van der Waals surface area contributed by atoms with Crippen molar-refractivity contribution in [2.75, 3.05) is 6.54 Å². The maximum Gasteiger partial charge on any atom is 0.0889 e. The van der Waals surface area contributed by atoms with Gasteiger partial charge < -0.3 is 5.73 Å². The van der Waals surface area contributed by atoms with Gasteiger partial charge in [-0.3, -0.25) is 0 Å². The molecular weight excluding hydrogens is 188 g/mol. The monoisotopic (exact) mass is 202 g/mol. The summed E-state index contributed by atoms with van der Waals surface area (Å²) in [6, 6.07) is 8.05. The smallest absolute Gasteiger partial charge is 0.0889 e. The van der Waals surface area contributed by atoms with Crippen LogP contribution in [0.15, 0.2) is 30.5 Å². The van der Waals surface area contributed by atoms with Gasteiger partial charge in [0.15, 0.2) is 0 Å². The second kappa shape index (κ2) is 4.23. The molecule has 4 heteroatoms. The molecule has 0 saturated carbocycles. The predicted molar refractivity (Wildman–Crippen MR) is 58.9 cm³/mol. The molecule has 0 spiro atoms. The molecule has 0 aliphatic carbocycles. The van der Waals surface area contributed by atoms with E-state index in [1.165, 1.54) is 5.56 Å². The molecule has 1 aromatic carbocycles. The van der Waals surface area contributed by atoms with E-state index in [0.717, 1.165) is 17.8 Å². The van der Waals surface area contributed by atoms with E-state index in [9.17, 15) is 0 Å². The summed E-state index contributed by atoms with van der Waals surface area (Å²) in [6.45, 7) is 2.56. The van der Waals surface area contributed by atoms with Gasteiger partial charge in [0, 0.05) is 0 Å². The summed E-state index contributed by atoms with van der Waals surface area (Å²) in [7, 11) is 0. The molecule has 1 aromatic heterocycles. The predicted octanol–water partition coefficient (Wildman–Crippen LogP) is 1.08. The van der Waals surface area contributed by atoms with Crippen LogP contribution in [0.25, 0.3) is 5.69 Å². The standard InChI is InChI=1S/C11H14N4/c1-9-8-13-15(14-9)11-5-3-2-4-10(11)6-7-12/h2-5,8H,6-7,12H2,1H3. The molecular formula is C11H14N4. The van der Waals surface area contributed by atoms with Crippen LogP contribution in [0.2, 0.25) is 0 Å². The zero-order valence-corrected chi connectivity index (χ0v) is 8.72. The first-order chi connectivity index (χ1) is 7.31. The van der Waals surface area contributed by atoms with E-state index in [0.29, 0.717) is 6.54 Å². The van der Waals surface area contributed by atoms with Crippen LogP contribution in [0.3, 0.4) is 0 Å². The molecule has 1 heterocycles. The number of nitrogens with two attached hydrogens (primary N) is 1. The molecule has 0 unspecified atom stereocenters. The Hall–Kier alpha value is -1.68. The summed E-state index contributed by atoms with van der Waals surface area (Å²) in [5, 5.41) is 8.48. The highest BCUT2D eigenvalue weighted by molar-refractivity contribution is 5.39. The van der Waals surface area contributed by atoms with Crippen molar-refractivity contribution in [3.8, 4) is 5.69 Å². The Kier molecular flexibility index (Phi) is 2.78. The number of nitrogens with zero attached hydrogens (tertiary/aromatic N) is 3. The molecule has 0 fully saturated rings. The van der Waals surface area contributed by atoms with Crippen molar-refractivity contribution in [3.05, 3.63) is 41.7 Å². The first-order valence-corrected chi connectivity index (χ1v) is 4.98. The summed E-state index contributed by atoms with van der Waals surface area (Å²) in [5.74, 6) is 0. The van der Waals surface area contributed by atoms with Gasteiger partial charge in [-0.2, -0.15) is 15.0 Å². The molecule has 2 aromatic rings. The van der Waals surface area contributed by atoms with Crippen LogP contribution in [-0.4, -0.2) is 21.5 Å². The van der Waals surface area contributed by atoms with Crippen molar-refractivity contribution in [1.29, 1.82) is 0 Å². The number of aryl methyl sites for hydroxylation is 1. The maximum atomic E-state index is 5.56. The van der Waals surface area contributed by atoms with Gasteiger partial charge in [0.1, 0.15) is 0 Å². The fourth-order valence-electron chi connectivity index (χ4n) is 1.53. The third-order valence-electron chi connectivity index (χ3n) is 2.23. The highest BCUT2D eigenvalue weighted by atomic mass is 15.5. The van der Waals surface area contributed by atoms with Crippen LogP contribution < -0.4 is 5.73 Å². The first kappa shape index (κ1) is 9.86. The molecule has 0 bridgehead atoms. The molecule has 0 saturated heterocycles. The molecule has 15 heavy (non-hydrogen) atoms. The van der Waals surface area contributed by atoms with Gasteiger partial charge in [0.25, 0.3) is 0 Å². The van der Waals surface area contributed by atoms with E-state index in [1.54, 1.807) is 11.0 Å². The minimum Gasteiger partial charge on any atom is -0.330 e. The van der Waals surface area contributed by atoms with E-state index in [4.69, 9.17) is 5.73 Å². The highest BCUT2D eigenvalue weighted by Crippen LogP contribution is 2.12. The van der Waals surface area contributed by atoms with Crippen LogP contribution >= 0.6 is 0 Å². The van der Waals surface area contributed by atoms with E-state index < -0.39 is 0 Å². The van der Waals surface area contributed by atoms with Gasteiger partial charge in [-0.15, -0.1) is 0 Å². The molecule has 0 atom stereocenters. The lowest BCUT2D eigenvalue weighted by molar-refractivity contribution is 0.734. The average Bonchev–Trinajstić information content (AvgIpc) is 2.66. The van der Waals surface area contributed by atoms with Gasteiger partial charge >= 0.3 is 0 Å². The number of para-hydroxylation sites is 1. The van der Waals surface area contributed by atoms with Gasteiger partial charge in [0.05, 0.1) is 17.6 Å². The lowest BCUT2D eigenvalue weighted by Gasteiger charge is -2.06. The average molecular weight is 202 g/mol. The number of rotatable bonds is 3. The molecule has 78 valence electrons. The van der Waals surface area contributed by atoms with Crippen LogP contribution in [0, 0.1) is 6.92 Å². The lowest BCUT2D eigenvalue weighted by Crippen LogP contribution is -2.08. The Morgan fingerprint density at radius 3 is 2.80 bits per heavy atom. The molecule has 4 nitrogen and oxygen atoms in total. The third-order valence-corrected chi connectivity index (χ3v) is 2.23. The minimum atomic E-state index is 0.636. The Morgan fingerprint density at radius 1 is 1.33 bits per heavy atom. The largest absolute Gasteiger partial charge is 0.330 e. The number of hydrogen-bond donors (Lipinski definition) is 1. The third kappa shape index (κ3) is 2.05. The fraction of sp³-hybridized carbons (Fsp3) is 0.273. The van der Waals surface area contributed by atoms with Crippen molar-refractivity contribution < 1.29 is 0 Å². The SMILES string of the molecule is Cc1cnn(-c2ccccc2CCN)n1. The Balaban J connectivity index is 2.42. The minimum absolute atomic E-state index is 0.636. The summed E-state index contributed by atoms with van der Waals surface area (Å²) >= 11 is 0. The molecule has 0 aliphatic heterocycles. The van der Waals surface area contributed by atoms with Crippen molar-refractivity contribution in [1.82, 2.24) is 15.0 Å². The Labute approximate surface area is 88.7 Å². The summed E-state index contributed by atoms with van der Waals surface area (Å²) in [4.78, 5) is 1.65. The van der Waals surface area contributed by atoms with E-state index >= 15 is 0 Å². The number of aromatic nitrogens is 3. The summed E-state index contributed by atoms with van der Waals surface area (Å²) in [5.41, 5.74) is 8.66. The van der Waals surface area contributed by atoms with Gasteiger partial charge in [-0.1, -0.05) is 18.2 Å². The molecule has 2 N–H and O–H groups in total. The molecule has 0 radical (unpaired) electrons. The normalized spacial score (nSPS) is 10.5. The topological polar surface area (TPSA) is 56.7 Å². The van der Waals surface area contributed by atoms with Crippen molar-refractivity contribution >= 4 is 0 Å². The van der Waals surface area contributed by atoms with Crippen LogP contribution in [-0.2, 0) is 6.42 Å². The Bertz CT molecular complexity index is 447. The van der Waals surface area contributed by atoms with Gasteiger partial charge in [0.2, 0.25) is 0 Å². The zero-order chi connectivity index (χ0) is 10.7. The quantitative estimate of drug-likeness (QED) is 0.810. The van der Waals surface area contributed by atoms with E-state index in [1.807, 2.05) is 25.1 Å². The first-order valence-electron chi connectivity index (χ1n) is 4.98. The van der Waals surface area contributed by atoms with Crippen molar-refractivity contribution in [2.45, 2.75) is 13.3 Å². The van der Waals surface area contributed by atoms with E-state index in [-0.39, 0.29) is 0 Å². The second-order valence-electron chi connectivity index (χ2n) is 3.44. The lowest BCUT2D eigenvalue weighted by atomic mass is 10.1. The molecule has 0 aliphatic rings. The van der Waals surface area contributed by atoms with Gasteiger partial charge in [-0.25, -0.2) is 0 Å². The van der Waals surface area contributed by atoms with Crippen LogP contribution in [0.4, 0.5) is 0 Å². The van der Waals surface area contributed by atoms with Crippen LogP contribution in [0.1, 0.15) is 11.3 Å². The zero-order valence-electron chi connectivity index (χ0n) is 8.72. The van der Waals surface area contributed by atoms with Crippen LogP contribution in [0.5, 0.6) is 0 Å². The highest BCUT2D eigenvalue weighted by Gasteiger charge is 2.04. The van der Waals surface area contributed by atoms with Crippen molar-refractivity contribution in [2.24, 2.45) is 5.73 Å². The second-order valence-corrected chi connectivity index (χ2v) is 3.44. The Morgan fingerprint density at radius 2 is 2.13 bits per heavy atom. The van der Waals surface area contributed by atoms with Crippen molar-refractivity contribution in [3.63, 3.8) is 0 Å².